The summed E-state index contributed by atoms with van der Waals surface area (Å²) < 4.78 is 1.13. The summed E-state index contributed by atoms with van der Waals surface area (Å²) >= 11 is 1.60. The number of para-hydroxylation sites is 1. The maximum atomic E-state index is 13.7. The summed E-state index contributed by atoms with van der Waals surface area (Å²) in [5, 5.41) is 1.71. The number of carbonyl (C=O) groups excluding carboxylic acids is 1. The Balaban J connectivity index is 0.00000272. The van der Waals surface area contributed by atoms with Crippen LogP contribution in [-0.2, 0) is 0 Å². The van der Waals surface area contributed by atoms with E-state index < -0.39 is 0 Å². The van der Waals surface area contributed by atoms with Gasteiger partial charge in [-0.25, -0.2) is 4.98 Å². The van der Waals surface area contributed by atoms with E-state index in [4.69, 9.17) is 4.98 Å². The number of H-pyrrole nitrogens is 1. The Bertz CT molecular complexity index is 1190. The molecule has 0 saturated carbocycles. The SMILES string of the molecule is CCN(CC)CCN(C(=O)c1c[nH]c2ccccc12)c1nc2c(C)cc(C)cc2s1.Cl. The van der Waals surface area contributed by atoms with Gasteiger partial charge in [0, 0.05) is 30.2 Å². The van der Waals surface area contributed by atoms with Crippen molar-refractivity contribution in [2.24, 2.45) is 0 Å². The Morgan fingerprint density at radius 1 is 1.10 bits per heavy atom. The number of thiazole rings is 1. The number of likely N-dealkylation sites (N-methyl/N-ethyl adjacent to an activating group) is 1. The van der Waals surface area contributed by atoms with E-state index >= 15 is 0 Å². The normalized spacial score (nSPS) is 11.3. The summed E-state index contributed by atoms with van der Waals surface area (Å²) in [7, 11) is 0. The van der Waals surface area contributed by atoms with Gasteiger partial charge in [0.1, 0.15) is 0 Å². The minimum Gasteiger partial charge on any atom is -0.360 e. The van der Waals surface area contributed by atoms with Crippen LogP contribution in [0.5, 0.6) is 0 Å². The van der Waals surface area contributed by atoms with E-state index in [1.807, 2.05) is 35.4 Å². The monoisotopic (exact) mass is 456 g/mol. The fraction of sp³-hybridized carbons (Fsp3) is 0.333. The molecular weight excluding hydrogens is 428 g/mol. The van der Waals surface area contributed by atoms with Crippen LogP contribution >= 0.6 is 23.7 Å². The molecule has 0 aliphatic rings. The zero-order valence-electron chi connectivity index (χ0n) is 18.4. The maximum absolute atomic E-state index is 13.7. The Kier molecular flexibility index (Phi) is 7.36. The summed E-state index contributed by atoms with van der Waals surface area (Å²) in [6.07, 6.45) is 1.82. The summed E-state index contributed by atoms with van der Waals surface area (Å²) in [5.74, 6) is -0.00645. The minimum atomic E-state index is -0.00645. The average molecular weight is 457 g/mol. The zero-order valence-corrected chi connectivity index (χ0v) is 20.1. The van der Waals surface area contributed by atoms with Crippen molar-refractivity contribution in [2.45, 2.75) is 27.7 Å². The van der Waals surface area contributed by atoms with Crippen molar-refractivity contribution in [3.05, 3.63) is 59.3 Å². The van der Waals surface area contributed by atoms with Gasteiger partial charge < -0.3 is 9.88 Å². The first-order valence-electron chi connectivity index (χ1n) is 10.5. The van der Waals surface area contributed by atoms with Crippen LogP contribution in [-0.4, -0.2) is 47.0 Å². The molecule has 2 heterocycles. The molecule has 0 fully saturated rings. The Labute approximate surface area is 193 Å². The summed E-state index contributed by atoms with van der Waals surface area (Å²) in [6, 6.07) is 12.2. The maximum Gasteiger partial charge on any atom is 0.262 e. The molecule has 0 unspecified atom stereocenters. The number of fused-ring (bicyclic) bond motifs is 2. The molecule has 164 valence electrons. The van der Waals surface area contributed by atoms with Crippen LogP contribution < -0.4 is 4.90 Å². The minimum absolute atomic E-state index is 0. The highest BCUT2D eigenvalue weighted by Crippen LogP contribution is 2.33. The lowest BCUT2D eigenvalue weighted by Crippen LogP contribution is -2.38. The molecule has 4 rings (SSSR count). The fourth-order valence-corrected chi connectivity index (χ4v) is 5.10. The molecule has 0 spiro atoms. The molecule has 5 nitrogen and oxygen atoms in total. The van der Waals surface area contributed by atoms with Gasteiger partial charge in [0.25, 0.3) is 5.91 Å². The predicted molar refractivity (Wildman–Crippen MR) is 134 cm³/mol. The van der Waals surface area contributed by atoms with Crippen LogP contribution in [0.1, 0.15) is 35.3 Å². The number of aromatic amines is 1. The Morgan fingerprint density at radius 3 is 2.58 bits per heavy atom. The third-order valence-electron chi connectivity index (χ3n) is 5.65. The van der Waals surface area contributed by atoms with Gasteiger partial charge in [0.2, 0.25) is 0 Å². The second-order valence-corrected chi connectivity index (χ2v) is 8.67. The molecule has 7 heteroatoms. The number of rotatable bonds is 7. The lowest BCUT2D eigenvalue weighted by molar-refractivity contribution is 0.0985. The van der Waals surface area contributed by atoms with E-state index in [1.165, 1.54) is 5.56 Å². The van der Waals surface area contributed by atoms with Crippen LogP contribution in [0.15, 0.2) is 42.6 Å². The quantitative estimate of drug-likeness (QED) is 0.382. The number of carbonyl (C=O) groups is 1. The summed E-state index contributed by atoms with van der Waals surface area (Å²) in [6.45, 7) is 11.8. The number of benzene rings is 2. The van der Waals surface area contributed by atoms with E-state index in [0.717, 1.165) is 51.4 Å². The van der Waals surface area contributed by atoms with Gasteiger partial charge in [-0.15, -0.1) is 12.4 Å². The molecular formula is C24H29ClN4OS. The van der Waals surface area contributed by atoms with E-state index in [1.54, 1.807) is 11.3 Å². The zero-order chi connectivity index (χ0) is 21.3. The van der Waals surface area contributed by atoms with Crippen molar-refractivity contribution in [3.63, 3.8) is 0 Å². The molecule has 4 aromatic rings. The van der Waals surface area contributed by atoms with Gasteiger partial charge >= 0.3 is 0 Å². The third-order valence-corrected chi connectivity index (χ3v) is 6.67. The number of halogens is 1. The van der Waals surface area contributed by atoms with Gasteiger partial charge in [-0.3, -0.25) is 9.69 Å². The molecule has 2 aromatic carbocycles. The van der Waals surface area contributed by atoms with E-state index in [-0.39, 0.29) is 18.3 Å². The van der Waals surface area contributed by atoms with Gasteiger partial charge in [-0.2, -0.15) is 0 Å². The molecule has 1 amide bonds. The highest BCUT2D eigenvalue weighted by atomic mass is 35.5. The molecule has 0 saturated heterocycles. The van der Waals surface area contributed by atoms with Crippen LogP contribution in [0.3, 0.4) is 0 Å². The standard InChI is InChI=1S/C24H28N4OS.ClH/c1-5-27(6-2)11-12-28(23(29)19-15-25-20-10-8-7-9-18(19)20)24-26-22-17(4)13-16(3)14-21(22)30-24;/h7-10,13-15,25H,5-6,11-12H2,1-4H3;1H. The molecule has 0 bridgehead atoms. The highest BCUT2D eigenvalue weighted by Gasteiger charge is 2.24. The molecule has 0 aliphatic carbocycles. The van der Waals surface area contributed by atoms with Crippen molar-refractivity contribution in [1.82, 2.24) is 14.9 Å². The smallest absolute Gasteiger partial charge is 0.262 e. The first kappa shape index (κ1) is 23.3. The number of hydrogen-bond donors (Lipinski definition) is 1. The van der Waals surface area contributed by atoms with Crippen molar-refractivity contribution >= 4 is 55.9 Å². The molecule has 2 aromatic heterocycles. The Hall–Kier alpha value is -2.41. The van der Waals surface area contributed by atoms with E-state index in [9.17, 15) is 4.79 Å². The fourth-order valence-electron chi connectivity index (χ4n) is 3.93. The number of aryl methyl sites for hydroxylation is 2. The lowest BCUT2D eigenvalue weighted by Gasteiger charge is -2.24. The molecule has 31 heavy (non-hydrogen) atoms. The van der Waals surface area contributed by atoms with E-state index in [0.29, 0.717) is 12.1 Å². The number of nitrogens with one attached hydrogen (secondary N) is 1. The number of nitrogens with zero attached hydrogens (tertiary/aromatic N) is 3. The highest BCUT2D eigenvalue weighted by molar-refractivity contribution is 7.22. The van der Waals surface area contributed by atoms with Gasteiger partial charge in [-0.05, 0) is 50.2 Å². The second kappa shape index (κ2) is 9.81. The van der Waals surface area contributed by atoms with Gasteiger partial charge in [0.05, 0.1) is 15.8 Å². The largest absolute Gasteiger partial charge is 0.360 e. The van der Waals surface area contributed by atoms with Crippen molar-refractivity contribution in [1.29, 1.82) is 0 Å². The van der Waals surface area contributed by atoms with Crippen LogP contribution in [0, 0.1) is 13.8 Å². The van der Waals surface area contributed by atoms with Crippen molar-refractivity contribution < 1.29 is 4.79 Å². The van der Waals surface area contributed by atoms with Crippen LogP contribution in [0.25, 0.3) is 21.1 Å². The van der Waals surface area contributed by atoms with Crippen LogP contribution in [0.4, 0.5) is 5.13 Å². The third kappa shape index (κ3) is 4.61. The van der Waals surface area contributed by atoms with Gasteiger partial charge in [0.15, 0.2) is 5.13 Å². The summed E-state index contributed by atoms with van der Waals surface area (Å²) in [5.41, 5.74) is 5.02. The second-order valence-electron chi connectivity index (χ2n) is 7.66. The molecule has 0 radical (unpaired) electrons. The lowest BCUT2D eigenvalue weighted by atomic mass is 10.1. The number of amides is 1. The number of hydrogen-bond acceptors (Lipinski definition) is 4. The summed E-state index contributed by atoms with van der Waals surface area (Å²) in [4.78, 5) is 26.0. The van der Waals surface area contributed by atoms with Crippen molar-refractivity contribution in [2.75, 3.05) is 31.1 Å². The Morgan fingerprint density at radius 2 is 1.84 bits per heavy atom. The first-order valence-corrected chi connectivity index (χ1v) is 11.3. The molecule has 0 aliphatic heterocycles. The van der Waals surface area contributed by atoms with E-state index in [2.05, 4.69) is 49.7 Å². The number of anilines is 1. The average Bonchev–Trinajstić information content (AvgIpc) is 3.35. The predicted octanol–water partition coefficient (Wildman–Crippen LogP) is 5.80. The molecule has 0 atom stereocenters. The van der Waals surface area contributed by atoms with Gasteiger partial charge in [-0.1, -0.05) is 49.4 Å². The number of aromatic nitrogens is 2. The van der Waals surface area contributed by atoms with Crippen LogP contribution in [0.2, 0.25) is 0 Å². The topological polar surface area (TPSA) is 52.2 Å². The first-order chi connectivity index (χ1) is 14.5. The molecule has 1 N–H and O–H groups in total. The van der Waals surface area contributed by atoms with Crippen molar-refractivity contribution in [3.8, 4) is 0 Å².